The van der Waals surface area contributed by atoms with Gasteiger partial charge in [-0.2, -0.15) is 0 Å². The quantitative estimate of drug-likeness (QED) is 0.593. The predicted molar refractivity (Wildman–Crippen MR) is 54.7 cm³/mol. The molecule has 0 fully saturated rings. The van der Waals surface area contributed by atoms with Gasteiger partial charge >= 0.3 is 12.0 Å². The molecule has 0 aromatic rings. The molecule has 3 N–H and O–H groups in total. The van der Waals surface area contributed by atoms with Crippen LogP contribution < -0.4 is 10.6 Å². The number of aliphatic carboxylic acids is 1. The van der Waals surface area contributed by atoms with Gasteiger partial charge in [-0.3, -0.25) is 0 Å². The van der Waals surface area contributed by atoms with Crippen molar-refractivity contribution in [3.63, 3.8) is 0 Å². The van der Waals surface area contributed by atoms with E-state index >= 15 is 0 Å². The number of ether oxygens (including phenoxy) is 1. The lowest BCUT2D eigenvalue weighted by molar-refractivity contribution is -0.139. The van der Waals surface area contributed by atoms with Crippen LogP contribution in [0.3, 0.4) is 0 Å². The molecule has 2 amide bonds. The van der Waals surface area contributed by atoms with Gasteiger partial charge in [0, 0.05) is 13.7 Å². The molecule has 0 saturated carbocycles. The van der Waals surface area contributed by atoms with Crippen LogP contribution in [-0.4, -0.2) is 42.9 Å². The SMILES string of the molecule is CC[C@@H](NC(=O)NCC(C)OC)C(=O)O. The minimum absolute atomic E-state index is 0.0966. The van der Waals surface area contributed by atoms with Gasteiger partial charge in [0.2, 0.25) is 0 Å². The number of carbonyl (C=O) groups is 2. The van der Waals surface area contributed by atoms with Crippen molar-refractivity contribution in [1.82, 2.24) is 10.6 Å². The molecule has 15 heavy (non-hydrogen) atoms. The molecule has 0 heterocycles. The molecule has 1 unspecified atom stereocenters. The van der Waals surface area contributed by atoms with Crippen molar-refractivity contribution in [2.75, 3.05) is 13.7 Å². The fourth-order valence-corrected chi connectivity index (χ4v) is 0.867. The number of hydrogen-bond donors (Lipinski definition) is 3. The first-order chi connectivity index (χ1) is 7.01. The van der Waals surface area contributed by atoms with Gasteiger partial charge < -0.3 is 20.5 Å². The first-order valence-electron chi connectivity index (χ1n) is 4.81. The highest BCUT2D eigenvalue weighted by Crippen LogP contribution is 1.90. The summed E-state index contributed by atoms with van der Waals surface area (Å²) in [5, 5.41) is 13.5. The molecular formula is C9H18N2O4. The van der Waals surface area contributed by atoms with E-state index < -0.39 is 18.0 Å². The second kappa shape index (κ2) is 7.05. The van der Waals surface area contributed by atoms with Crippen LogP contribution in [0.4, 0.5) is 4.79 Å². The first-order valence-corrected chi connectivity index (χ1v) is 4.81. The Kier molecular flexibility index (Phi) is 6.44. The third-order valence-corrected chi connectivity index (χ3v) is 1.96. The number of carbonyl (C=O) groups excluding carboxylic acids is 1. The van der Waals surface area contributed by atoms with Crippen LogP contribution >= 0.6 is 0 Å². The van der Waals surface area contributed by atoms with Crippen molar-refractivity contribution in [3.8, 4) is 0 Å². The van der Waals surface area contributed by atoms with E-state index in [9.17, 15) is 9.59 Å². The van der Waals surface area contributed by atoms with Crippen LogP contribution in [-0.2, 0) is 9.53 Å². The molecule has 88 valence electrons. The van der Waals surface area contributed by atoms with E-state index in [-0.39, 0.29) is 6.10 Å². The van der Waals surface area contributed by atoms with Gasteiger partial charge in [0.15, 0.2) is 0 Å². The van der Waals surface area contributed by atoms with E-state index in [1.165, 1.54) is 7.11 Å². The average Bonchev–Trinajstić information content (AvgIpc) is 2.21. The van der Waals surface area contributed by atoms with Crippen molar-refractivity contribution in [3.05, 3.63) is 0 Å². The summed E-state index contributed by atoms with van der Waals surface area (Å²) in [7, 11) is 1.54. The molecule has 6 heteroatoms. The van der Waals surface area contributed by atoms with E-state index in [1.54, 1.807) is 13.8 Å². The lowest BCUT2D eigenvalue weighted by Gasteiger charge is -2.15. The van der Waals surface area contributed by atoms with Crippen LogP contribution in [0, 0.1) is 0 Å². The van der Waals surface area contributed by atoms with E-state index in [0.29, 0.717) is 13.0 Å². The summed E-state index contributed by atoms with van der Waals surface area (Å²) < 4.78 is 4.92. The topological polar surface area (TPSA) is 87.7 Å². The van der Waals surface area contributed by atoms with Crippen LogP contribution in [0.15, 0.2) is 0 Å². The molecular weight excluding hydrogens is 200 g/mol. The third-order valence-electron chi connectivity index (χ3n) is 1.96. The number of amides is 2. The van der Waals surface area contributed by atoms with Gasteiger partial charge in [0.05, 0.1) is 6.10 Å². The van der Waals surface area contributed by atoms with E-state index in [4.69, 9.17) is 9.84 Å². The molecule has 0 aliphatic heterocycles. The van der Waals surface area contributed by atoms with E-state index in [0.717, 1.165) is 0 Å². The van der Waals surface area contributed by atoms with Gasteiger partial charge in [-0.15, -0.1) is 0 Å². The second-order valence-corrected chi connectivity index (χ2v) is 3.20. The molecule has 0 aliphatic rings. The summed E-state index contributed by atoms with van der Waals surface area (Å²) in [4.78, 5) is 21.8. The number of rotatable bonds is 6. The molecule has 0 saturated heterocycles. The zero-order valence-corrected chi connectivity index (χ0v) is 9.24. The molecule has 6 nitrogen and oxygen atoms in total. The zero-order valence-electron chi connectivity index (χ0n) is 9.24. The van der Waals surface area contributed by atoms with Crippen LogP contribution in [0.2, 0.25) is 0 Å². The summed E-state index contributed by atoms with van der Waals surface area (Å²) in [6, 6.07) is -1.34. The molecule has 0 aromatic carbocycles. The third kappa shape index (κ3) is 5.90. The average molecular weight is 218 g/mol. The molecule has 0 bridgehead atoms. The van der Waals surface area contributed by atoms with Crippen LogP contribution in [0.25, 0.3) is 0 Å². The van der Waals surface area contributed by atoms with Gasteiger partial charge in [-0.25, -0.2) is 9.59 Å². The minimum atomic E-state index is -1.03. The van der Waals surface area contributed by atoms with Gasteiger partial charge in [-0.05, 0) is 13.3 Å². The van der Waals surface area contributed by atoms with E-state index in [1.807, 2.05) is 0 Å². The Morgan fingerprint density at radius 3 is 2.47 bits per heavy atom. The fourth-order valence-electron chi connectivity index (χ4n) is 0.867. The standard InChI is InChI=1S/C9H18N2O4/c1-4-7(8(12)13)11-9(14)10-5-6(2)15-3/h6-7H,4-5H2,1-3H3,(H,12,13)(H2,10,11,14)/t6?,7-/m1/s1. The van der Waals surface area contributed by atoms with E-state index in [2.05, 4.69) is 10.6 Å². The Morgan fingerprint density at radius 2 is 2.07 bits per heavy atom. The second-order valence-electron chi connectivity index (χ2n) is 3.20. The van der Waals surface area contributed by atoms with Crippen molar-refractivity contribution in [2.24, 2.45) is 0 Å². The number of nitrogens with one attached hydrogen (secondary N) is 2. The van der Waals surface area contributed by atoms with Gasteiger partial charge in [0.1, 0.15) is 6.04 Å². The maximum atomic E-state index is 11.2. The largest absolute Gasteiger partial charge is 0.480 e. The molecule has 2 atom stereocenters. The Balaban J connectivity index is 3.86. The maximum absolute atomic E-state index is 11.2. The highest BCUT2D eigenvalue weighted by Gasteiger charge is 2.17. The molecule has 0 spiro atoms. The molecule has 0 radical (unpaired) electrons. The first kappa shape index (κ1) is 13.7. The highest BCUT2D eigenvalue weighted by atomic mass is 16.5. The Bertz CT molecular complexity index is 220. The summed E-state index contributed by atoms with van der Waals surface area (Å²) in [6.45, 7) is 3.84. The van der Waals surface area contributed by atoms with Crippen molar-refractivity contribution in [2.45, 2.75) is 32.4 Å². The fraction of sp³-hybridized carbons (Fsp3) is 0.778. The maximum Gasteiger partial charge on any atom is 0.326 e. The lowest BCUT2D eigenvalue weighted by Crippen LogP contribution is -2.47. The normalized spacial score (nSPS) is 14.1. The Hall–Kier alpha value is -1.30. The minimum Gasteiger partial charge on any atom is -0.480 e. The molecule has 0 aliphatic carbocycles. The van der Waals surface area contributed by atoms with Gasteiger partial charge in [-0.1, -0.05) is 6.92 Å². The predicted octanol–water partition coefficient (Wildman–Crippen LogP) is 0.184. The smallest absolute Gasteiger partial charge is 0.326 e. The number of methoxy groups -OCH3 is 1. The number of hydrogen-bond acceptors (Lipinski definition) is 3. The van der Waals surface area contributed by atoms with Crippen LogP contribution in [0.1, 0.15) is 20.3 Å². The lowest BCUT2D eigenvalue weighted by atomic mass is 10.2. The summed E-state index contributed by atoms with van der Waals surface area (Å²) in [6.07, 6.45) is 0.253. The van der Waals surface area contributed by atoms with Crippen molar-refractivity contribution in [1.29, 1.82) is 0 Å². The summed E-state index contributed by atoms with van der Waals surface area (Å²) in [5.41, 5.74) is 0. The van der Waals surface area contributed by atoms with Crippen molar-refractivity contribution < 1.29 is 19.4 Å². The Labute approximate surface area is 89.0 Å². The number of urea groups is 1. The summed E-state index contributed by atoms with van der Waals surface area (Å²) in [5.74, 6) is -1.03. The van der Waals surface area contributed by atoms with Gasteiger partial charge in [0.25, 0.3) is 0 Å². The van der Waals surface area contributed by atoms with Crippen molar-refractivity contribution >= 4 is 12.0 Å². The number of carboxylic acids is 1. The number of carboxylic acid groups (broad SMARTS) is 1. The molecule has 0 aromatic heterocycles. The summed E-state index contributed by atoms with van der Waals surface area (Å²) >= 11 is 0. The molecule has 0 rings (SSSR count). The monoisotopic (exact) mass is 218 g/mol. The van der Waals surface area contributed by atoms with Crippen LogP contribution in [0.5, 0.6) is 0 Å². The zero-order chi connectivity index (χ0) is 11.8. The Morgan fingerprint density at radius 1 is 1.47 bits per heavy atom. The highest BCUT2D eigenvalue weighted by molar-refractivity contribution is 5.82.